The predicted octanol–water partition coefficient (Wildman–Crippen LogP) is 6.21. The Balaban J connectivity index is 1.20. The molecule has 1 fully saturated rings. The van der Waals surface area contributed by atoms with Gasteiger partial charge in [0.15, 0.2) is 0 Å². The molecule has 0 bridgehead atoms. The number of carbonyl (C=O) groups is 2. The molecule has 1 aliphatic heterocycles. The average molecular weight is 512 g/mol. The molecule has 0 saturated carbocycles. The van der Waals surface area contributed by atoms with Crippen molar-refractivity contribution in [3.63, 3.8) is 0 Å². The minimum Gasteiger partial charge on any atom is -0.457 e. The smallest absolute Gasteiger partial charge is 0.253 e. The third-order valence-corrected chi connectivity index (χ3v) is 6.50. The normalized spacial score (nSPS) is 13.6. The van der Waals surface area contributed by atoms with E-state index in [0.29, 0.717) is 42.5 Å². The third-order valence-electron chi connectivity index (χ3n) is 6.24. The van der Waals surface area contributed by atoms with E-state index in [0.717, 1.165) is 22.7 Å². The van der Waals surface area contributed by atoms with Gasteiger partial charge in [-0.3, -0.25) is 9.59 Å². The first kappa shape index (κ1) is 24.4. The summed E-state index contributed by atoms with van der Waals surface area (Å²) >= 11 is 5.94. The molecule has 37 heavy (non-hydrogen) atoms. The Morgan fingerprint density at radius 2 is 1.51 bits per heavy atom. The van der Waals surface area contributed by atoms with Crippen LogP contribution in [0.15, 0.2) is 101 Å². The monoisotopic (exact) mass is 511 g/mol. The van der Waals surface area contributed by atoms with Gasteiger partial charge in [0.2, 0.25) is 5.91 Å². The zero-order chi connectivity index (χ0) is 25.6. The van der Waals surface area contributed by atoms with Crippen LogP contribution in [-0.4, -0.2) is 42.9 Å². The van der Waals surface area contributed by atoms with E-state index in [2.05, 4.69) is 10.2 Å². The molecule has 1 aliphatic rings. The summed E-state index contributed by atoms with van der Waals surface area (Å²) in [5, 5.41) is 3.59. The highest BCUT2D eigenvalue weighted by Gasteiger charge is 2.23. The number of nitrogens with one attached hydrogen (secondary N) is 1. The largest absolute Gasteiger partial charge is 0.457 e. The molecule has 186 valence electrons. The molecular formula is C30H26ClN3O3. The molecule has 4 aromatic rings. The molecule has 2 heterocycles. The second kappa shape index (κ2) is 11.2. The Morgan fingerprint density at radius 1 is 0.811 bits per heavy atom. The molecule has 1 N–H and O–H groups in total. The molecular weight excluding hydrogens is 486 g/mol. The minimum absolute atomic E-state index is 0.00334. The van der Waals surface area contributed by atoms with Crippen molar-refractivity contribution in [1.82, 2.24) is 4.90 Å². The van der Waals surface area contributed by atoms with Crippen LogP contribution < -0.4 is 10.2 Å². The van der Waals surface area contributed by atoms with Crippen molar-refractivity contribution in [2.24, 2.45) is 0 Å². The fourth-order valence-electron chi connectivity index (χ4n) is 4.31. The van der Waals surface area contributed by atoms with Gasteiger partial charge in [-0.25, -0.2) is 0 Å². The lowest BCUT2D eigenvalue weighted by Crippen LogP contribution is -2.49. The Kier molecular flexibility index (Phi) is 7.38. The molecule has 0 radical (unpaired) electrons. The fraction of sp³-hybridized carbons (Fsp3) is 0.133. The van der Waals surface area contributed by atoms with E-state index in [-0.39, 0.29) is 11.8 Å². The van der Waals surface area contributed by atoms with E-state index in [1.54, 1.807) is 30.3 Å². The van der Waals surface area contributed by atoms with Crippen LogP contribution in [0.2, 0.25) is 5.02 Å². The molecule has 3 aromatic carbocycles. The summed E-state index contributed by atoms with van der Waals surface area (Å²) < 4.78 is 5.84. The molecule has 0 unspecified atom stereocenters. The predicted molar refractivity (Wildman–Crippen MR) is 148 cm³/mol. The molecule has 6 nitrogen and oxygen atoms in total. The maximum atomic E-state index is 12.8. The molecule has 1 aromatic heterocycles. The van der Waals surface area contributed by atoms with Crippen molar-refractivity contribution in [1.29, 1.82) is 0 Å². The lowest BCUT2D eigenvalue weighted by atomic mass is 10.1. The minimum atomic E-state index is -0.248. The van der Waals surface area contributed by atoms with Gasteiger partial charge in [-0.1, -0.05) is 54.1 Å². The molecule has 7 heteroatoms. The number of furan rings is 1. The molecule has 5 rings (SSSR count). The van der Waals surface area contributed by atoms with Crippen LogP contribution in [0.5, 0.6) is 0 Å². The van der Waals surface area contributed by atoms with Crippen molar-refractivity contribution in [2.45, 2.75) is 0 Å². The van der Waals surface area contributed by atoms with Gasteiger partial charge in [0.1, 0.15) is 11.5 Å². The first-order valence-electron chi connectivity index (χ1n) is 12.1. The highest BCUT2D eigenvalue weighted by atomic mass is 35.5. The van der Waals surface area contributed by atoms with Crippen molar-refractivity contribution < 1.29 is 14.0 Å². The Hall–Kier alpha value is -4.29. The molecule has 0 aliphatic carbocycles. The van der Waals surface area contributed by atoms with E-state index in [4.69, 9.17) is 16.0 Å². The van der Waals surface area contributed by atoms with Gasteiger partial charge in [-0.05, 0) is 54.6 Å². The molecule has 0 spiro atoms. The number of piperazine rings is 1. The first-order valence-corrected chi connectivity index (χ1v) is 12.5. The number of nitrogens with zero attached hydrogens (tertiary/aromatic N) is 2. The van der Waals surface area contributed by atoms with Gasteiger partial charge in [0, 0.05) is 48.4 Å². The summed E-state index contributed by atoms with van der Waals surface area (Å²) in [6.07, 6.45) is 3.12. The lowest BCUT2D eigenvalue weighted by Gasteiger charge is -2.37. The van der Waals surface area contributed by atoms with Gasteiger partial charge in [0.05, 0.1) is 11.4 Å². The first-order chi connectivity index (χ1) is 18.1. The second-order valence-electron chi connectivity index (χ2n) is 8.69. The van der Waals surface area contributed by atoms with Crippen LogP contribution in [-0.2, 0) is 4.79 Å². The SMILES string of the molecule is O=C(/C=C/c1ccc(-c2ccccc2)o1)Nc1ccccc1N1CCN(C(=O)c2ccc(Cl)cc2)CC1. The number of hydrogen-bond acceptors (Lipinski definition) is 4. The van der Waals surface area contributed by atoms with Crippen molar-refractivity contribution in [2.75, 3.05) is 36.4 Å². The summed E-state index contributed by atoms with van der Waals surface area (Å²) in [6, 6.07) is 28.2. The van der Waals surface area contributed by atoms with Crippen LogP contribution in [0, 0.1) is 0 Å². The quantitative estimate of drug-likeness (QED) is 0.312. The van der Waals surface area contributed by atoms with Crippen molar-refractivity contribution >= 4 is 40.9 Å². The number of halogens is 1. The number of anilines is 2. The highest BCUT2D eigenvalue weighted by Crippen LogP contribution is 2.27. The van der Waals surface area contributed by atoms with Crippen molar-refractivity contribution in [3.05, 3.63) is 113 Å². The Labute approximate surface area is 220 Å². The van der Waals surface area contributed by atoms with Gasteiger partial charge in [-0.2, -0.15) is 0 Å². The maximum Gasteiger partial charge on any atom is 0.253 e. The van der Waals surface area contributed by atoms with E-state index in [1.807, 2.05) is 71.6 Å². The molecule has 0 atom stereocenters. The van der Waals surface area contributed by atoms with E-state index < -0.39 is 0 Å². The summed E-state index contributed by atoms with van der Waals surface area (Å²) in [5.41, 5.74) is 3.26. The summed E-state index contributed by atoms with van der Waals surface area (Å²) in [7, 11) is 0. The van der Waals surface area contributed by atoms with Gasteiger partial charge < -0.3 is 19.5 Å². The van der Waals surface area contributed by atoms with Gasteiger partial charge >= 0.3 is 0 Å². The second-order valence-corrected chi connectivity index (χ2v) is 9.13. The fourth-order valence-corrected chi connectivity index (χ4v) is 4.44. The topological polar surface area (TPSA) is 65.8 Å². The Bertz CT molecular complexity index is 1410. The zero-order valence-electron chi connectivity index (χ0n) is 20.1. The van der Waals surface area contributed by atoms with Crippen LogP contribution in [0.3, 0.4) is 0 Å². The number of benzene rings is 3. The number of amides is 2. The van der Waals surface area contributed by atoms with E-state index >= 15 is 0 Å². The van der Waals surface area contributed by atoms with Crippen LogP contribution >= 0.6 is 11.6 Å². The van der Waals surface area contributed by atoms with Crippen LogP contribution in [0.1, 0.15) is 16.1 Å². The number of rotatable bonds is 6. The van der Waals surface area contributed by atoms with Gasteiger partial charge in [0.25, 0.3) is 5.91 Å². The number of carbonyl (C=O) groups excluding carboxylic acids is 2. The molecule has 1 saturated heterocycles. The Morgan fingerprint density at radius 3 is 2.27 bits per heavy atom. The van der Waals surface area contributed by atoms with Crippen molar-refractivity contribution in [3.8, 4) is 11.3 Å². The van der Waals surface area contributed by atoms with Crippen LogP contribution in [0.25, 0.3) is 17.4 Å². The number of hydrogen-bond donors (Lipinski definition) is 1. The highest BCUT2D eigenvalue weighted by molar-refractivity contribution is 6.30. The number of para-hydroxylation sites is 2. The maximum absolute atomic E-state index is 12.8. The van der Waals surface area contributed by atoms with E-state index in [1.165, 1.54) is 6.08 Å². The average Bonchev–Trinajstić information content (AvgIpc) is 3.42. The molecule has 2 amide bonds. The van der Waals surface area contributed by atoms with E-state index in [9.17, 15) is 9.59 Å². The van der Waals surface area contributed by atoms with Crippen LogP contribution in [0.4, 0.5) is 11.4 Å². The lowest BCUT2D eigenvalue weighted by molar-refractivity contribution is -0.111. The zero-order valence-corrected chi connectivity index (χ0v) is 20.9. The summed E-state index contributed by atoms with van der Waals surface area (Å²) in [6.45, 7) is 2.51. The van der Waals surface area contributed by atoms with Gasteiger partial charge in [-0.15, -0.1) is 0 Å². The standard InChI is InChI=1S/C30H26ClN3O3/c31-24-12-10-23(11-13-24)30(36)34-20-18-33(19-21-34)27-9-5-4-8-26(27)32-29(35)17-15-25-14-16-28(37-25)22-6-2-1-3-7-22/h1-17H,18-21H2,(H,32,35)/b17-15+. The summed E-state index contributed by atoms with van der Waals surface area (Å²) in [5.74, 6) is 1.10. The third kappa shape index (κ3) is 5.93. The summed E-state index contributed by atoms with van der Waals surface area (Å²) in [4.78, 5) is 29.6.